The van der Waals surface area contributed by atoms with Crippen LogP contribution in [0.25, 0.3) is 0 Å². The molecule has 0 unspecified atom stereocenters. The predicted octanol–water partition coefficient (Wildman–Crippen LogP) is 3.93. The molecule has 2 fully saturated rings. The molecule has 0 radical (unpaired) electrons. The van der Waals surface area contributed by atoms with Gasteiger partial charge in [0.25, 0.3) is 0 Å². The van der Waals surface area contributed by atoms with Crippen molar-refractivity contribution in [1.82, 2.24) is 14.9 Å². The van der Waals surface area contributed by atoms with E-state index in [2.05, 4.69) is 9.97 Å². The van der Waals surface area contributed by atoms with E-state index in [4.69, 9.17) is 27.1 Å². The number of rotatable bonds is 5. The van der Waals surface area contributed by atoms with Gasteiger partial charge in [0.15, 0.2) is 5.96 Å². The molecule has 7 nitrogen and oxygen atoms in total. The molecule has 2 aliphatic heterocycles. The Labute approximate surface area is 199 Å². The third kappa shape index (κ3) is 4.49. The molecule has 3 aliphatic rings. The van der Waals surface area contributed by atoms with Crippen molar-refractivity contribution in [2.24, 2.45) is 10.7 Å². The molecule has 1 aliphatic carbocycles. The third-order valence-electron chi connectivity index (χ3n) is 6.92. The summed E-state index contributed by atoms with van der Waals surface area (Å²) in [4.78, 5) is 28.8. The highest BCUT2D eigenvalue weighted by atomic mass is 35.5. The summed E-state index contributed by atoms with van der Waals surface area (Å²) in [6, 6.07) is 5.92. The molecule has 1 amide bonds. The van der Waals surface area contributed by atoms with Crippen LogP contribution in [0.15, 0.2) is 35.6 Å². The maximum absolute atomic E-state index is 13.2. The zero-order valence-corrected chi connectivity index (χ0v) is 19.9. The lowest BCUT2D eigenvalue weighted by molar-refractivity contribution is -0.133. The highest BCUT2D eigenvalue weighted by Crippen LogP contribution is 2.40. The number of nitrogens with two attached hydrogens (primary N) is 1. The largest absolute Gasteiger partial charge is 0.378 e. The van der Waals surface area contributed by atoms with Crippen molar-refractivity contribution in [3.8, 4) is 0 Å². The molecule has 0 bridgehead atoms. The molecule has 3 heterocycles. The summed E-state index contributed by atoms with van der Waals surface area (Å²) in [6.45, 7) is 4.58. The molecule has 0 spiro atoms. The topological polar surface area (TPSA) is 93.7 Å². The second-order valence-electron chi connectivity index (χ2n) is 9.72. The van der Waals surface area contributed by atoms with Crippen molar-refractivity contribution >= 4 is 23.5 Å². The second kappa shape index (κ2) is 8.69. The number of hydrogen-bond donors (Lipinski definition) is 1. The summed E-state index contributed by atoms with van der Waals surface area (Å²) in [5.41, 5.74) is 8.33. The van der Waals surface area contributed by atoms with Gasteiger partial charge in [-0.2, -0.15) is 0 Å². The number of aliphatic imine (C=N–C) groups is 1. The highest BCUT2D eigenvalue weighted by molar-refractivity contribution is 6.32. The molecule has 1 saturated heterocycles. The Morgan fingerprint density at radius 1 is 1.24 bits per heavy atom. The van der Waals surface area contributed by atoms with Crippen molar-refractivity contribution < 1.29 is 9.53 Å². The fourth-order valence-electron chi connectivity index (χ4n) is 4.97. The molecule has 1 aromatic carbocycles. The van der Waals surface area contributed by atoms with Crippen molar-refractivity contribution in [2.75, 3.05) is 6.61 Å². The Morgan fingerprint density at radius 3 is 2.67 bits per heavy atom. The van der Waals surface area contributed by atoms with E-state index >= 15 is 0 Å². The van der Waals surface area contributed by atoms with Crippen molar-refractivity contribution in [1.29, 1.82) is 0 Å². The molecular weight excluding hydrogens is 438 g/mol. The Bertz CT molecular complexity index is 1080. The quantitative estimate of drug-likeness (QED) is 0.719. The fraction of sp³-hybridized carbons (Fsp3) is 0.520. The highest BCUT2D eigenvalue weighted by Gasteiger charge is 2.42. The lowest BCUT2D eigenvalue weighted by Crippen LogP contribution is -2.56. The molecule has 33 heavy (non-hydrogen) atoms. The summed E-state index contributed by atoms with van der Waals surface area (Å²) in [5, 5.41) is 0.615. The predicted molar refractivity (Wildman–Crippen MR) is 127 cm³/mol. The molecule has 2 aromatic rings. The van der Waals surface area contributed by atoms with Gasteiger partial charge in [-0.05, 0) is 56.2 Å². The lowest BCUT2D eigenvalue weighted by atomic mass is 9.85. The first-order chi connectivity index (χ1) is 15.8. The first-order valence-corrected chi connectivity index (χ1v) is 12.1. The van der Waals surface area contributed by atoms with Crippen molar-refractivity contribution in [3.05, 3.63) is 58.1 Å². The summed E-state index contributed by atoms with van der Waals surface area (Å²) >= 11 is 6.88. The van der Waals surface area contributed by atoms with Gasteiger partial charge in [0.1, 0.15) is 5.82 Å². The van der Waals surface area contributed by atoms with Gasteiger partial charge in [0, 0.05) is 42.4 Å². The molecule has 5 rings (SSSR count). The smallest absolute Gasteiger partial charge is 0.232 e. The molecule has 1 aromatic heterocycles. The maximum Gasteiger partial charge on any atom is 0.232 e. The zero-order chi connectivity index (χ0) is 23.2. The normalized spacial score (nSPS) is 28.0. The third-order valence-corrected chi connectivity index (χ3v) is 7.36. The SMILES string of the molecule is C[C@@H]1C[C@H](N2C(=O)C[C@@](C)(c3cccc(Cc4cnc(C5CC5)nc4)c3Cl)N=C2N)CCO1. The second-order valence-corrected chi connectivity index (χ2v) is 10.1. The van der Waals surface area contributed by atoms with Crippen LogP contribution < -0.4 is 5.73 Å². The van der Waals surface area contributed by atoms with Crippen LogP contribution in [0.2, 0.25) is 5.02 Å². The van der Waals surface area contributed by atoms with E-state index in [1.807, 2.05) is 44.4 Å². The van der Waals surface area contributed by atoms with E-state index in [1.54, 1.807) is 4.90 Å². The molecule has 1 saturated carbocycles. The van der Waals surface area contributed by atoms with Crippen LogP contribution in [-0.2, 0) is 21.5 Å². The first kappa shape index (κ1) is 22.3. The van der Waals surface area contributed by atoms with E-state index in [1.165, 1.54) is 12.8 Å². The number of hydrogen-bond acceptors (Lipinski definition) is 6. The minimum Gasteiger partial charge on any atom is -0.378 e. The standard InChI is InChI=1S/C25H30ClN5O2/c1-15-10-19(8-9-33-15)31-21(32)12-25(2,30-24(31)27)20-5-3-4-18(22(20)26)11-16-13-28-23(29-14-16)17-6-7-17/h3-5,13-15,17,19H,6-12H2,1-2H3,(H2,27,30)/t15-,19-,25+/m1/s1. The van der Waals surface area contributed by atoms with Gasteiger partial charge in [0.05, 0.1) is 18.1 Å². The van der Waals surface area contributed by atoms with Crippen LogP contribution in [0, 0.1) is 0 Å². The Morgan fingerprint density at radius 2 is 2.00 bits per heavy atom. The molecular formula is C25H30ClN5O2. The summed E-state index contributed by atoms with van der Waals surface area (Å²) in [5.74, 6) is 1.70. The molecule has 174 valence electrons. The number of halogens is 1. The van der Waals surface area contributed by atoms with Gasteiger partial charge >= 0.3 is 0 Å². The van der Waals surface area contributed by atoms with Crippen LogP contribution in [0.4, 0.5) is 0 Å². The number of nitrogens with zero attached hydrogens (tertiary/aromatic N) is 4. The van der Waals surface area contributed by atoms with E-state index in [0.29, 0.717) is 24.0 Å². The summed E-state index contributed by atoms with van der Waals surface area (Å²) < 4.78 is 5.63. The minimum atomic E-state index is -0.812. The average Bonchev–Trinajstić information content (AvgIpc) is 3.60. The first-order valence-electron chi connectivity index (χ1n) is 11.7. The van der Waals surface area contributed by atoms with E-state index < -0.39 is 5.54 Å². The molecule has 3 atom stereocenters. The Balaban J connectivity index is 1.40. The fourth-order valence-corrected chi connectivity index (χ4v) is 5.37. The van der Waals surface area contributed by atoms with E-state index in [-0.39, 0.29) is 30.4 Å². The average molecular weight is 468 g/mol. The van der Waals surface area contributed by atoms with Crippen LogP contribution in [0.3, 0.4) is 0 Å². The number of carbonyl (C=O) groups is 1. The molecule has 8 heteroatoms. The van der Waals surface area contributed by atoms with Crippen LogP contribution in [0.1, 0.15) is 74.4 Å². The zero-order valence-electron chi connectivity index (χ0n) is 19.1. The van der Waals surface area contributed by atoms with Crippen molar-refractivity contribution in [2.45, 2.75) is 76.0 Å². The van der Waals surface area contributed by atoms with Gasteiger partial charge in [0.2, 0.25) is 5.91 Å². The number of carbonyl (C=O) groups excluding carboxylic acids is 1. The van der Waals surface area contributed by atoms with Gasteiger partial charge in [-0.1, -0.05) is 29.8 Å². The van der Waals surface area contributed by atoms with Gasteiger partial charge in [-0.15, -0.1) is 0 Å². The number of benzene rings is 1. The van der Waals surface area contributed by atoms with Gasteiger partial charge < -0.3 is 10.5 Å². The summed E-state index contributed by atoms with van der Waals surface area (Å²) in [7, 11) is 0. The number of amides is 1. The Kier molecular flexibility index (Phi) is 5.87. The number of ether oxygens (including phenoxy) is 1. The van der Waals surface area contributed by atoms with E-state index in [9.17, 15) is 4.79 Å². The Hall–Kier alpha value is -2.51. The van der Waals surface area contributed by atoms with Crippen LogP contribution >= 0.6 is 11.6 Å². The molecule has 2 N–H and O–H groups in total. The monoisotopic (exact) mass is 467 g/mol. The maximum atomic E-state index is 13.2. The van der Waals surface area contributed by atoms with Crippen LogP contribution in [0.5, 0.6) is 0 Å². The number of aromatic nitrogens is 2. The summed E-state index contributed by atoms with van der Waals surface area (Å²) in [6.07, 6.45) is 8.60. The number of guanidine groups is 1. The van der Waals surface area contributed by atoms with E-state index in [0.717, 1.165) is 35.4 Å². The van der Waals surface area contributed by atoms with Crippen molar-refractivity contribution in [3.63, 3.8) is 0 Å². The lowest BCUT2D eigenvalue weighted by Gasteiger charge is -2.41. The van der Waals surface area contributed by atoms with Gasteiger partial charge in [-0.25, -0.2) is 15.0 Å². The van der Waals surface area contributed by atoms with Gasteiger partial charge in [-0.3, -0.25) is 9.69 Å². The van der Waals surface area contributed by atoms with Crippen LogP contribution in [-0.4, -0.2) is 45.5 Å². The minimum absolute atomic E-state index is 0.0189.